The second-order valence-corrected chi connectivity index (χ2v) is 9.61. The molecule has 0 aromatic carbocycles. The van der Waals surface area contributed by atoms with Crippen LogP contribution in [0.4, 0.5) is 21.6 Å². The van der Waals surface area contributed by atoms with E-state index in [1.54, 1.807) is 6.07 Å². The normalized spacial score (nSPS) is 15.9. The molecule has 2 amide bonds. The first-order chi connectivity index (χ1) is 14.7. The molecule has 0 radical (unpaired) electrons. The zero-order valence-corrected chi connectivity index (χ0v) is 18.6. The Morgan fingerprint density at radius 2 is 2.06 bits per heavy atom. The highest BCUT2D eigenvalue weighted by Crippen LogP contribution is 2.31. The van der Waals surface area contributed by atoms with Crippen molar-refractivity contribution < 1.29 is 9.32 Å². The molecule has 162 valence electrons. The van der Waals surface area contributed by atoms with Crippen molar-refractivity contribution in [2.75, 3.05) is 16.0 Å². The number of aromatic nitrogens is 4. The Balaban J connectivity index is 1.38. The lowest BCUT2D eigenvalue weighted by atomic mass is 9.93. The number of rotatable bonds is 4. The number of carbonyl (C=O) groups is 1. The van der Waals surface area contributed by atoms with Crippen LogP contribution in [0, 0.1) is 0 Å². The number of urea groups is 1. The monoisotopic (exact) mass is 439 g/mol. The van der Waals surface area contributed by atoms with Gasteiger partial charge in [0.15, 0.2) is 10.9 Å². The van der Waals surface area contributed by atoms with Crippen molar-refractivity contribution in [3.05, 3.63) is 39.3 Å². The van der Waals surface area contributed by atoms with Gasteiger partial charge in [-0.05, 0) is 12.8 Å². The van der Waals surface area contributed by atoms with Gasteiger partial charge in [0.05, 0.1) is 11.0 Å². The fraction of sp³-hybridized carbons (Fsp3) is 0.381. The Morgan fingerprint density at radius 3 is 2.81 bits per heavy atom. The zero-order valence-electron chi connectivity index (χ0n) is 17.8. The average molecular weight is 440 g/mol. The summed E-state index contributed by atoms with van der Waals surface area (Å²) in [6.07, 6.45) is 4.01. The Hall–Kier alpha value is -3.27. The van der Waals surface area contributed by atoms with E-state index in [9.17, 15) is 4.79 Å². The van der Waals surface area contributed by atoms with Crippen molar-refractivity contribution in [1.29, 1.82) is 0 Å². The largest absolute Gasteiger partial charge is 0.366 e. The standard InChI is InChI=1S/C21H25N7O2S/c1-11-12(2)22-10-23-18(11)24-13-6-7-14-15(8-13)31-20(25-14)27-19(29)26-17-9-16(30-28-17)21(3,4)5/h9-10,13H,1-2,6-8H2,3-5H3,(H,22,23,24)(H2,25,26,27,28,29). The van der Waals surface area contributed by atoms with Crippen LogP contribution in [0.25, 0.3) is 13.2 Å². The summed E-state index contributed by atoms with van der Waals surface area (Å²) in [5.41, 5.74) is 0.836. The molecule has 1 atom stereocenters. The van der Waals surface area contributed by atoms with Crippen LogP contribution in [0.3, 0.4) is 0 Å². The number of thiazole rings is 1. The number of amides is 2. The minimum atomic E-state index is -0.403. The van der Waals surface area contributed by atoms with E-state index in [0.29, 0.717) is 33.1 Å². The van der Waals surface area contributed by atoms with Gasteiger partial charge in [-0.1, -0.05) is 39.1 Å². The molecular weight excluding hydrogens is 414 g/mol. The van der Waals surface area contributed by atoms with Gasteiger partial charge in [-0.3, -0.25) is 10.6 Å². The molecule has 3 heterocycles. The predicted octanol–water partition coefficient (Wildman–Crippen LogP) is 2.65. The molecule has 1 aliphatic rings. The molecule has 0 aliphatic heterocycles. The van der Waals surface area contributed by atoms with Crippen LogP contribution in [-0.2, 0) is 18.3 Å². The first-order valence-corrected chi connectivity index (χ1v) is 10.8. The molecule has 0 bridgehead atoms. The smallest absolute Gasteiger partial charge is 0.326 e. The molecule has 31 heavy (non-hydrogen) atoms. The van der Waals surface area contributed by atoms with Gasteiger partial charge >= 0.3 is 6.03 Å². The molecule has 0 spiro atoms. The molecule has 0 saturated carbocycles. The first kappa shape index (κ1) is 21.0. The van der Waals surface area contributed by atoms with E-state index in [2.05, 4.69) is 49.2 Å². The Labute approximate surface area is 183 Å². The molecule has 1 aliphatic carbocycles. The number of nitrogens with zero attached hydrogens (tertiary/aromatic N) is 4. The Bertz CT molecular complexity index is 1210. The maximum absolute atomic E-state index is 12.4. The van der Waals surface area contributed by atoms with Crippen molar-refractivity contribution in [3.8, 4) is 0 Å². The van der Waals surface area contributed by atoms with Crippen molar-refractivity contribution in [2.45, 2.75) is 51.5 Å². The molecule has 9 nitrogen and oxygen atoms in total. The molecule has 10 heteroatoms. The lowest BCUT2D eigenvalue weighted by molar-refractivity contribution is 0.262. The first-order valence-electron chi connectivity index (χ1n) is 9.98. The van der Waals surface area contributed by atoms with E-state index >= 15 is 0 Å². The van der Waals surface area contributed by atoms with Gasteiger partial charge in [0, 0.05) is 34.0 Å². The van der Waals surface area contributed by atoms with Crippen molar-refractivity contribution in [3.63, 3.8) is 0 Å². The topological polar surface area (TPSA) is 118 Å². The van der Waals surface area contributed by atoms with E-state index in [1.165, 1.54) is 17.7 Å². The van der Waals surface area contributed by atoms with Crippen molar-refractivity contribution in [1.82, 2.24) is 20.1 Å². The number of nitrogens with one attached hydrogen (secondary N) is 3. The lowest BCUT2D eigenvalue weighted by Gasteiger charge is -2.22. The number of hydrogen-bond donors (Lipinski definition) is 3. The van der Waals surface area contributed by atoms with E-state index in [4.69, 9.17) is 4.52 Å². The minimum absolute atomic E-state index is 0.183. The summed E-state index contributed by atoms with van der Waals surface area (Å²) >= 11 is 1.48. The van der Waals surface area contributed by atoms with Crippen LogP contribution in [-0.4, -0.2) is 32.2 Å². The summed E-state index contributed by atoms with van der Waals surface area (Å²) in [5.74, 6) is 1.77. The van der Waals surface area contributed by atoms with Gasteiger partial charge in [-0.2, -0.15) is 0 Å². The average Bonchev–Trinajstić information content (AvgIpc) is 3.31. The molecule has 0 fully saturated rings. The van der Waals surface area contributed by atoms with E-state index < -0.39 is 6.03 Å². The highest BCUT2D eigenvalue weighted by Gasteiger charge is 2.24. The van der Waals surface area contributed by atoms with Gasteiger partial charge in [0.25, 0.3) is 0 Å². The molecule has 1 unspecified atom stereocenters. The Morgan fingerprint density at radius 1 is 1.26 bits per heavy atom. The number of carbonyl (C=O) groups excluding carboxylic acids is 1. The van der Waals surface area contributed by atoms with Gasteiger partial charge in [-0.25, -0.2) is 19.7 Å². The van der Waals surface area contributed by atoms with Gasteiger partial charge in [0.2, 0.25) is 0 Å². The molecular formula is C21H25N7O2S. The summed E-state index contributed by atoms with van der Waals surface area (Å²) in [6, 6.07) is 1.53. The summed E-state index contributed by atoms with van der Waals surface area (Å²) in [4.78, 5) is 26.4. The predicted molar refractivity (Wildman–Crippen MR) is 122 cm³/mol. The van der Waals surface area contributed by atoms with Gasteiger partial charge in [-0.15, -0.1) is 11.3 Å². The van der Waals surface area contributed by atoms with Crippen molar-refractivity contribution >= 4 is 47.3 Å². The van der Waals surface area contributed by atoms with Gasteiger partial charge in [0.1, 0.15) is 17.9 Å². The third-order valence-corrected chi connectivity index (χ3v) is 6.06. The fourth-order valence-electron chi connectivity index (χ4n) is 3.25. The van der Waals surface area contributed by atoms with Crippen LogP contribution < -0.4 is 26.5 Å². The number of aryl methyl sites for hydroxylation is 1. The molecule has 4 rings (SSSR count). The van der Waals surface area contributed by atoms with Crippen molar-refractivity contribution in [2.24, 2.45) is 0 Å². The quantitative estimate of drug-likeness (QED) is 0.572. The van der Waals surface area contributed by atoms with E-state index in [-0.39, 0.29) is 11.5 Å². The maximum atomic E-state index is 12.4. The highest BCUT2D eigenvalue weighted by atomic mass is 32.1. The fourth-order valence-corrected chi connectivity index (χ4v) is 4.33. The molecule has 0 saturated heterocycles. The SMILES string of the molecule is C=c1ncnc(NC2CCc3nc(NC(=O)Nc4cc(C(C)(C)C)on4)sc3C2)c1=C. The third kappa shape index (κ3) is 4.74. The van der Waals surface area contributed by atoms with Crippen LogP contribution in [0.15, 0.2) is 16.9 Å². The van der Waals surface area contributed by atoms with E-state index in [0.717, 1.165) is 29.8 Å². The summed E-state index contributed by atoms with van der Waals surface area (Å²) in [6.45, 7) is 13.9. The minimum Gasteiger partial charge on any atom is -0.366 e. The third-order valence-electron chi connectivity index (χ3n) is 5.03. The second kappa shape index (κ2) is 8.10. The van der Waals surface area contributed by atoms with Gasteiger partial charge < -0.3 is 9.84 Å². The lowest BCUT2D eigenvalue weighted by Crippen LogP contribution is -2.35. The zero-order chi connectivity index (χ0) is 22.2. The molecule has 3 N–H and O–H groups in total. The second-order valence-electron chi connectivity index (χ2n) is 8.53. The summed E-state index contributed by atoms with van der Waals surface area (Å²) < 4.78 is 5.29. The Kier molecular flexibility index (Phi) is 5.48. The van der Waals surface area contributed by atoms with Crippen LogP contribution >= 0.6 is 11.3 Å². The maximum Gasteiger partial charge on any atom is 0.326 e. The molecule has 3 aromatic heterocycles. The highest BCUT2D eigenvalue weighted by molar-refractivity contribution is 7.15. The number of anilines is 3. The van der Waals surface area contributed by atoms with Crippen LogP contribution in [0.5, 0.6) is 0 Å². The number of fused-ring (bicyclic) bond motifs is 1. The molecule has 3 aromatic rings. The van der Waals surface area contributed by atoms with Crippen LogP contribution in [0.2, 0.25) is 0 Å². The van der Waals surface area contributed by atoms with E-state index in [1.807, 2.05) is 20.8 Å². The summed E-state index contributed by atoms with van der Waals surface area (Å²) in [5, 5.41) is 14.7. The van der Waals surface area contributed by atoms with Crippen LogP contribution in [0.1, 0.15) is 43.5 Å². The summed E-state index contributed by atoms with van der Waals surface area (Å²) in [7, 11) is 0. The number of hydrogen-bond acceptors (Lipinski definition) is 8.